The summed E-state index contributed by atoms with van der Waals surface area (Å²) in [5.41, 5.74) is 1.77. The molecule has 0 aliphatic heterocycles. The predicted molar refractivity (Wildman–Crippen MR) is 99.1 cm³/mol. The summed E-state index contributed by atoms with van der Waals surface area (Å²) in [5, 5.41) is 8.95. The van der Waals surface area contributed by atoms with Crippen molar-refractivity contribution in [3.8, 4) is 0 Å². The number of hydrogen-bond acceptors (Lipinski definition) is 2. The van der Waals surface area contributed by atoms with E-state index >= 15 is 0 Å². The lowest BCUT2D eigenvalue weighted by Crippen LogP contribution is -1.94. The Morgan fingerprint density at radius 3 is 2.58 bits per heavy atom. The third kappa shape index (κ3) is 7.78. The fourth-order valence-corrected chi connectivity index (χ4v) is 2.79. The highest BCUT2D eigenvalue weighted by molar-refractivity contribution is 6.46. The van der Waals surface area contributed by atoms with Gasteiger partial charge in [0.05, 0.1) is 5.03 Å². The van der Waals surface area contributed by atoms with Crippen LogP contribution in [0.5, 0.6) is 0 Å². The van der Waals surface area contributed by atoms with E-state index in [-0.39, 0.29) is 12.2 Å². The van der Waals surface area contributed by atoms with Crippen LogP contribution in [0.1, 0.15) is 64.7 Å². The van der Waals surface area contributed by atoms with E-state index in [4.69, 9.17) is 16.7 Å². The summed E-state index contributed by atoms with van der Waals surface area (Å²) in [7, 11) is 0. The quantitative estimate of drug-likeness (QED) is 0.294. The molecule has 0 saturated carbocycles. The van der Waals surface area contributed by atoms with Crippen LogP contribution in [-0.2, 0) is 9.59 Å². The largest absolute Gasteiger partial charge is 0.481 e. The maximum absolute atomic E-state index is 12.1. The Balaban J connectivity index is 2.38. The molecule has 132 valence electrons. The van der Waals surface area contributed by atoms with Crippen LogP contribution in [0.15, 0.2) is 46.6 Å². The van der Waals surface area contributed by atoms with Crippen molar-refractivity contribution < 1.29 is 14.7 Å². The topological polar surface area (TPSA) is 54.4 Å². The lowest BCUT2D eigenvalue weighted by molar-refractivity contribution is -0.137. The van der Waals surface area contributed by atoms with Gasteiger partial charge >= 0.3 is 5.97 Å². The molecular formula is C20H27ClO3. The fourth-order valence-electron chi connectivity index (χ4n) is 2.51. The van der Waals surface area contributed by atoms with Gasteiger partial charge in [-0.2, -0.15) is 0 Å². The second-order valence-corrected chi connectivity index (χ2v) is 6.36. The molecule has 1 aliphatic rings. The maximum Gasteiger partial charge on any atom is 0.303 e. The van der Waals surface area contributed by atoms with Gasteiger partial charge in [-0.1, -0.05) is 55.3 Å². The number of carbonyl (C=O) groups excluding carboxylic acids is 1. The van der Waals surface area contributed by atoms with E-state index in [1.807, 2.05) is 12.2 Å². The highest BCUT2D eigenvalue weighted by atomic mass is 35.5. The van der Waals surface area contributed by atoms with Crippen molar-refractivity contribution in [2.75, 3.05) is 0 Å². The summed E-state index contributed by atoms with van der Waals surface area (Å²) >= 11 is 6.17. The van der Waals surface area contributed by atoms with Gasteiger partial charge in [-0.3, -0.25) is 9.59 Å². The molecule has 4 heteroatoms. The molecule has 0 amide bonds. The minimum atomic E-state index is -0.780. The van der Waals surface area contributed by atoms with Crippen LogP contribution in [-0.4, -0.2) is 16.9 Å². The molecule has 0 heterocycles. The number of halogens is 1. The number of ketones is 1. The average molecular weight is 351 g/mol. The van der Waals surface area contributed by atoms with Gasteiger partial charge in [0.15, 0.2) is 0 Å². The number of Topliss-reactive ketones (excluding diaryl/α,β-unsaturated/α-hetero) is 1. The van der Waals surface area contributed by atoms with Crippen LogP contribution < -0.4 is 0 Å². The third-order valence-electron chi connectivity index (χ3n) is 3.87. The second-order valence-electron chi connectivity index (χ2n) is 5.98. The van der Waals surface area contributed by atoms with Crippen molar-refractivity contribution in [3.63, 3.8) is 0 Å². The SMILES string of the molecule is CCCC=CCCCC1=C(Cl)C(=O)C(=CC=CCCCC(=O)O)C1. The number of allylic oxidation sites excluding steroid dienone is 8. The minimum Gasteiger partial charge on any atom is -0.481 e. The molecular weight excluding hydrogens is 324 g/mol. The van der Waals surface area contributed by atoms with Crippen molar-refractivity contribution in [2.24, 2.45) is 0 Å². The average Bonchev–Trinajstić information content (AvgIpc) is 2.82. The molecule has 3 nitrogen and oxygen atoms in total. The van der Waals surface area contributed by atoms with E-state index in [2.05, 4.69) is 19.1 Å². The Bertz CT molecular complexity index is 553. The van der Waals surface area contributed by atoms with E-state index in [1.165, 1.54) is 6.42 Å². The number of carboxylic acids is 1. The minimum absolute atomic E-state index is 0.0663. The van der Waals surface area contributed by atoms with E-state index in [0.29, 0.717) is 24.3 Å². The summed E-state index contributed by atoms with van der Waals surface area (Å²) < 4.78 is 0. The van der Waals surface area contributed by atoms with Gasteiger partial charge in [0, 0.05) is 12.0 Å². The van der Waals surface area contributed by atoms with Gasteiger partial charge in [-0.05, 0) is 50.5 Å². The molecule has 0 aromatic rings. The lowest BCUT2D eigenvalue weighted by atomic mass is 10.1. The number of carboxylic acid groups (broad SMARTS) is 1. The zero-order valence-corrected chi connectivity index (χ0v) is 15.1. The number of unbranched alkanes of at least 4 members (excludes halogenated alkanes) is 3. The summed E-state index contributed by atoms with van der Waals surface area (Å²) in [6.07, 6.45) is 17.2. The molecule has 0 bridgehead atoms. The summed E-state index contributed by atoms with van der Waals surface area (Å²) in [6.45, 7) is 2.16. The number of carbonyl (C=O) groups is 2. The first-order valence-electron chi connectivity index (χ1n) is 8.71. The molecule has 0 saturated heterocycles. The summed E-state index contributed by atoms with van der Waals surface area (Å²) in [5.74, 6) is -0.846. The molecule has 1 rings (SSSR count). The lowest BCUT2D eigenvalue weighted by Gasteiger charge is -1.99. The maximum atomic E-state index is 12.1. The zero-order valence-electron chi connectivity index (χ0n) is 14.4. The van der Waals surface area contributed by atoms with Crippen molar-refractivity contribution in [1.29, 1.82) is 0 Å². The molecule has 0 spiro atoms. The van der Waals surface area contributed by atoms with Gasteiger partial charge in [0.2, 0.25) is 5.78 Å². The zero-order chi connectivity index (χ0) is 17.8. The van der Waals surface area contributed by atoms with Crippen LogP contribution in [0.3, 0.4) is 0 Å². The first-order valence-corrected chi connectivity index (χ1v) is 9.08. The first kappa shape index (κ1) is 20.4. The molecule has 24 heavy (non-hydrogen) atoms. The Labute approximate surface area is 149 Å². The van der Waals surface area contributed by atoms with Crippen LogP contribution in [0.4, 0.5) is 0 Å². The van der Waals surface area contributed by atoms with E-state index in [1.54, 1.807) is 6.08 Å². The Morgan fingerprint density at radius 2 is 1.88 bits per heavy atom. The van der Waals surface area contributed by atoms with Gasteiger partial charge in [-0.15, -0.1) is 0 Å². The van der Waals surface area contributed by atoms with Crippen molar-refractivity contribution in [2.45, 2.75) is 64.7 Å². The molecule has 0 aromatic heterocycles. The Kier molecular flexibility index (Phi) is 10.1. The van der Waals surface area contributed by atoms with Gasteiger partial charge < -0.3 is 5.11 Å². The van der Waals surface area contributed by atoms with Crippen LogP contribution in [0.2, 0.25) is 0 Å². The van der Waals surface area contributed by atoms with Crippen LogP contribution in [0.25, 0.3) is 0 Å². The third-order valence-corrected chi connectivity index (χ3v) is 4.31. The van der Waals surface area contributed by atoms with Gasteiger partial charge in [0.25, 0.3) is 0 Å². The van der Waals surface area contributed by atoms with Crippen molar-refractivity contribution >= 4 is 23.4 Å². The standard InChI is InChI=1S/C20H27ClO3/c1-2-3-4-5-6-9-12-16-15-17(20(24)19(16)21)13-10-7-8-11-14-18(22)23/h4-5,7,10,13H,2-3,6,8-9,11-12,14-15H2,1H3,(H,22,23). The number of rotatable bonds is 11. The van der Waals surface area contributed by atoms with E-state index in [0.717, 1.165) is 36.8 Å². The Hall–Kier alpha value is -1.61. The van der Waals surface area contributed by atoms with Crippen molar-refractivity contribution in [1.82, 2.24) is 0 Å². The first-order chi connectivity index (χ1) is 11.6. The highest BCUT2D eigenvalue weighted by Gasteiger charge is 2.25. The van der Waals surface area contributed by atoms with E-state index in [9.17, 15) is 9.59 Å². The Morgan fingerprint density at radius 1 is 1.17 bits per heavy atom. The molecule has 1 N–H and O–H groups in total. The fraction of sp³-hybridized carbons (Fsp3) is 0.500. The van der Waals surface area contributed by atoms with Crippen molar-refractivity contribution in [3.05, 3.63) is 46.6 Å². The molecule has 1 aliphatic carbocycles. The molecule has 0 aromatic carbocycles. The molecule has 0 unspecified atom stereocenters. The van der Waals surface area contributed by atoms with Gasteiger partial charge in [0.1, 0.15) is 0 Å². The van der Waals surface area contributed by atoms with Crippen LogP contribution in [0, 0.1) is 0 Å². The smallest absolute Gasteiger partial charge is 0.303 e. The van der Waals surface area contributed by atoms with Gasteiger partial charge in [-0.25, -0.2) is 0 Å². The number of aliphatic carboxylic acids is 1. The molecule has 0 atom stereocenters. The summed E-state index contributed by atoms with van der Waals surface area (Å²) in [4.78, 5) is 22.5. The van der Waals surface area contributed by atoms with Crippen LogP contribution >= 0.6 is 11.6 Å². The normalized spacial score (nSPS) is 17.1. The summed E-state index contributed by atoms with van der Waals surface area (Å²) in [6, 6.07) is 0. The van der Waals surface area contributed by atoms with E-state index < -0.39 is 5.97 Å². The number of hydrogen-bond donors (Lipinski definition) is 1. The molecule has 0 radical (unpaired) electrons. The molecule has 0 fully saturated rings. The second kappa shape index (κ2) is 11.9. The highest BCUT2D eigenvalue weighted by Crippen LogP contribution is 2.33. The monoisotopic (exact) mass is 350 g/mol. The predicted octanol–water partition coefficient (Wildman–Crippen LogP) is 5.72.